The van der Waals surface area contributed by atoms with Gasteiger partial charge in [-0.3, -0.25) is 0 Å². The van der Waals surface area contributed by atoms with Crippen molar-refractivity contribution in [1.29, 1.82) is 0 Å². The predicted octanol–water partition coefficient (Wildman–Crippen LogP) is 35.4. The van der Waals surface area contributed by atoms with Gasteiger partial charge in [0.05, 0.1) is 0 Å². The first-order valence-electron chi connectivity index (χ1n) is 43.6. The van der Waals surface area contributed by atoms with Gasteiger partial charge in [0, 0.05) is 0 Å². The number of rotatable bonds is 12. The van der Waals surface area contributed by atoms with Crippen LogP contribution in [0.5, 0.6) is 0 Å². The molecule has 126 heavy (non-hydrogen) atoms. The van der Waals surface area contributed by atoms with Gasteiger partial charge < -0.3 is 0 Å². The number of benzene rings is 24. The number of hydrogen-bond donors (Lipinski definition) is 0. The largest absolute Gasteiger partial charge is 0.0622 e. The molecule has 588 valence electrons. The summed E-state index contributed by atoms with van der Waals surface area (Å²) in [5, 5.41) is 22.9. The van der Waals surface area contributed by atoms with Gasteiger partial charge in [-0.25, -0.2) is 0 Å². The molecular formula is C126H84. The third-order valence-corrected chi connectivity index (χ3v) is 25.4. The molecule has 0 radical (unpaired) electrons. The molecule has 0 bridgehead atoms. The van der Waals surface area contributed by atoms with E-state index < -0.39 is 0 Å². The molecule has 0 atom stereocenters. The lowest BCUT2D eigenvalue weighted by Gasteiger charge is -2.20. The number of fused-ring (bicyclic) bond motifs is 9. The van der Waals surface area contributed by atoms with Crippen LogP contribution in [0.15, 0.2) is 510 Å². The van der Waals surface area contributed by atoms with Crippen LogP contribution in [0.2, 0.25) is 0 Å². The molecule has 0 heterocycles. The molecular weight excluding hydrogens is 1510 g/mol. The number of hydrogen-bond acceptors (Lipinski definition) is 0. The first kappa shape index (κ1) is 75.8. The van der Waals surface area contributed by atoms with Crippen molar-refractivity contribution in [2.45, 2.75) is 0 Å². The maximum atomic E-state index is 2.37. The average molecular weight is 1600 g/mol. The molecule has 0 spiro atoms. The van der Waals surface area contributed by atoms with Crippen molar-refractivity contribution in [3.63, 3.8) is 0 Å². The zero-order chi connectivity index (χ0) is 83.6. The molecule has 24 aromatic carbocycles. The Morgan fingerprint density at radius 2 is 0.262 bits per heavy atom. The minimum atomic E-state index is 1.23. The van der Waals surface area contributed by atoms with Crippen molar-refractivity contribution in [3.8, 4) is 134 Å². The summed E-state index contributed by atoms with van der Waals surface area (Å²) in [6.45, 7) is 0. The molecule has 0 aliphatic carbocycles. The SMILES string of the molecule is c1ccc(-c2ccc(-c3c4ccccc4c(-c4ccc(-c5cccc6ccccc56)cc4)c4ccccc34)cc2)cc1.c1ccc(-c2ccc(-c3c4ccccc4c(-c4cccc(-c5cccc6ccccc56)c4)c4ccccc34)cc2)cc1.c1ccc(-c2ccc(-c3c4ccccc4c(-c4ccccc4-c4cccc5ccccc45)c4ccccc34)cc2)cc1. The first-order valence-corrected chi connectivity index (χ1v) is 43.6. The lowest BCUT2D eigenvalue weighted by Crippen LogP contribution is -1.93. The summed E-state index contributed by atoms with van der Waals surface area (Å²) in [6, 6.07) is 185. The van der Waals surface area contributed by atoms with E-state index in [1.54, 1.807) is 0 Å². The average Bonchev–Trinajstić information content (AvgIpc) is 0.740. The second-order valence-electron chi connectivity index (χ2n) is 32.6. The Bertz CT molecular complexity index is 8000. The molecule has 0 aliphatic rings. The highest BCUT2D eigenvalue weighted by Crippen LogP contribution is 2.51. The minimum absolute atomic E-state index is 1.23. The van der Waals surface area contributed by atoms with Gasteiger partial charge in [-0.05, 0) is 237 Å². The molecule has 0 aliphatic heterocycles. The first-order chi connectivity index (χ1) is 62.6. The van der Waals surface area contributed by atoms with Gasteiger partial charge in [0.25, 0.3) is 0 Å². The summed E-state index contributed by atoms with van der Waals surface area (Å²) < 4.78 is 0. The third-order valence-electron chi connectivity index (χ3n) is 25.4. The summed E-state index contributed by atoms with van der Waals surface area (Å²) >= 11 is 0. The van der Waals surface area contributed by atoms with Gasteiger partial charge in [-0.1, -0.05) is 504 Å². The maximum Gasteiger partial charge on any atom is -0.00201 e. The van der Waals surface area contributed by atoms with Crippen molar-refractivity contribution in [1.82, 2.24) is 0 Å². The normalized spacial score (nSPS) is 11.3. The van der Waals surface area contributed by atoms with Crippen LogP contribution < -0.4 is 0 Å². The van der Waals surface area contributed by atoms with Crippen LogP contribution in [0.4, 0.5) is 0 Å². The van der Waals surface area contributed by atoms with Crippen molar-refractivity contribution in [2.75, 3.05) is 0 Å². The smallest absolute Gasteiger partial charge is 0.00201 e. The van der Waals surface area contributed by atoms with Crippen LogP contribution in [0.1, 0.15) is 0 Å². The summed E-state index contributed by atoms with van der Waals surface area (Å²) in [7, 11) is 0. The van der Waals surface area contributed by atoms with E-state index in [2.05, 4.69) is 510 Å². The molecule has 0 unspecified atom stereocenters. The van der Waals surface area contributed by atoms with E-state index in [1.807, 2.05) is 0 Å². The van der Waals surface area contributed by atoms with Crippen LogP contribution in [-0.2, 0) is 0 Å². The van der Waals surface area contributed by atoms with Crippen molar-refractivity contribution >= 4 is 97.0 Å². The molecule has 0 fully saturated rings. The summed E-state index contributed by atoms with van der Waals surface area (Å²) in [4.78, 5) is 0. The van der Waals surface area contributed by atoms with Gasteiger partial charge in [0.1, 0.15) is 0 Å². The van der Waals surface area contributed by atoms with E-state index in [-0.39, 0.29) is 0 Å². The molecule has 0 saturated carbocycles. The summed E-state index contributed by atoms with van der Waals surface area (Å²) in [5.74, 6) is 0. The Hall–Kier alpha value is -16.4. The van der Waals surface area contributed by atoms with Gasteiger partial charge in [0.2, 0.25) is 0 Å². The van der Waals surface area contributed by atoms with Gasteiger partial charge in [-0.15, -0.1) is 0 Å². The molecule has 0 aromatic heterocycles. The second kappa shape index (κ2) is 33.6. The molecule has 24 rings (SSSR count). The fraction of sp³-hybridized carbons (Fsp3) is 0. The molecule has 24 aromatic rings. The topological polar surface area (TPSA) is 0 Å². The third kappa shape index (κ3) is 14.2. The molecule has 0 N–H and O–H groups in total. The van der Waals surface area contributed by atoms with Crippen LogP contribution in [0, 0.1) is 0 Å². The van der Waals surface area contributed by atoms with E-state index in [4.69, 9.17) is 0 Å². The van der Waals surface area contributed by atoms with Gasteiger partial charge in [0.15, 0.2) is 0 Å². The van der Waals surface area contributed by atoms with Crippen LogP contribution in [-0.4, -0.2) is 0 Å². The Morgan fingerprint density at radius 3 is 0.587 bits per heavy atom. The van der Waals surface area contributed by atoms with E-state index in [1.165, 1.54) is 230 Å². The molecule has 0 nitrogen and oxygen atoms in total. The standard InChI is InChI=1S/3C42H28/c1-2-12-29(13-3-1)30-24-26-32(27-25-30)41-37-19-6-8-21-39(37)42(40-22-9-7-20-38(40)41)34-17-10-16-33(28-34)36-23-11-15-31-14-4-5-18-35(31)36;1-2-11-29(12-3-1)30-21-25-33(26-22-30)41-37-16-6-8-18-39(37)42(40-19-9-7-17-38(40)41)34-27-23-32(24-28-34)36-20-10-14-31-13-4-5-15-35(31)36;1-2-13-29(14-3-1)30-25-27-32(28-26-30)41-37-20-8-10-22-39(37)42(40-23-11-9-21-38(40)41)36-19-7-6-18-35(36)34-24-12-16-31-15-4-5-17-33(31)34/h3*1-28H. The van der Waals surface area contributed by atoms with Crippen LogP contribution in [0.25, 0.3) is 230 Å². The summed E-state index contributed by atoms with van der Waals surface area (Å²) in [6.07, 6.45) is 0. The predicted molar refractivity (Wildman–Crippen MR) is 542 cm³/mol. The lowest BCUT2D eigenvalue weighted by atomic mass is 9.83. The minimum Gasteiger partial charge on any atom is -0.0622 e. The van der Waals surface area contributed by atoms with Crippen LogP contribution >= 0.6 is 0 Å². The van der Waals surface area contributed by atoms with Gasteiger partial charge >= 0.3 is 0 Å². The zero-order valence-electron chi connectivity index (χ0n) is 69.5. The quantitative estimate of drug-likeness (QED) is 0.107. The zero-order valence-corrected chi connectivity index (χ0v) is 69.5. The van der Waals surface area contributed by atoms with Crippen molar-refractivity contribution in [3.05, 3.63) is 510 Å². The Balaban J connectivity index is 0.000000112. The van der Waals surface area contributed by atoms with Crippen LogP contribution in [0.3, 0.4) is 0 Å². The van der Waals surface area contributed by atoms with Gasteiger partial charge in [-0.2, -0.15) is 0 Å². The highest BCUT2D eigenvalue weighted by Gasteiger charge is 2.23. The van der Waals surface area contributed by atoms with E-state index in [9.17, 15) is 0 Å². The van der Waals surface area contributed by atoms with E-state index in [0.29, 0.717) is 0 Å². The van der Waals surface area contributed by atoms with Crippen molar-refractivity contribution < 1.29 is 0 Å². The fourth-order valence-corrected chi connectivity index (χ4v) is 19.6. The van der Waals surface area contributed by atoms with Crippen molar-refractivity contribution in [2.24, 2.45) is 0 Å². The van der Waals surface area contributed by atoms with E-state index >= 15 is 0 Å². The van der Waals surface area contributed by atoms with E-state index in [0.717, 1.165) is 0 Å². The highest BCUT2D eigenvalue weighted by atomic mass is 14.3. The lowest BCUT2D eigenvalue weighted by molar-refractivity contribution is 1.61. The Kier molecular flexibility index (Phi) is 20.2. The fourth-order valence-electron chi connectivity index (χ4n) is 19.6. The molecule has 0 heteroatoms. The second-order valence-corrected chi connectivity index (χ2v) is 32.6. The maximum absolute atomic E-state index is 2.37. The molecule has 0 amide bonds. The Morgan fingerprint density at radius 1 is 0.0794 bits per heavy atom. The summed E-state index contributed by atoms with van der Waals surface area (Å²) in [5.41, 5.74) is 30.1. The Labute approximate surface area is 734 Å². The molecule has 0 saturated heterocycles. The highest BCUT2D eigenvalue weighted by molar-refractivity contribution is 6.25. The monoisotopic (exact) mass is 1600 g/mol.